The number of phenolic OH excluding ortho intramolecular Hbond substituents is 1. The SMILES string of the molecule is Oc1ccc(Nc2nc(NCc3ccco3)nc(NCc3cccs3)n2)cc1. The van der Waals surface area contributed by atoms with E-state index in [0.717, 1.165) is 11.4 Å². The Balaban J connectivity index is 1.52. The molecule has 0 unspecified atom stereocenters. The number of aromatic hydroxyl groups is 1. The summed E-state index contributed by atoms with van der Waals surface area (Å²) in [6.07, 6.45) is 1.62. The molecule has 9 heteroatoms. The first-order valence-corrected chi connectivity index (χ1v) is 9.47. The van der Waals surface area contributed by atoms with E-state index in [1.807, 2.05) is 29.6 Å². The zero-order valence-electron chi connectivity index (χ0n) is 14.8. The van der Waals surface area contributed by atoms with Crippen molar-refractivity contribution in [1.82, 2.24) is 15.0 Å². The van der Waals surface area contributed by atoms with Crippen LogP contribution in [0, 0.1) is 0 Å². The van der Waals surface area contributed by atoms with Crippen LogP contribution >= 0.6 is 11.3 Å². The van der Waals surface area contributed by atoms with E-state index in [1.165, 1.54) is 4.88 Å². The summed E-state index contributed by atoms with van der Waals surface area (Å²) < 4.78 is 5.33. The Morgan fingerprint density at radius 1 is 0.857 bits per heavy atom. The summed E-state index contributed by atoms with van der Waals surface area (Å²) in [5.74, 6) is 2.23. The number of rotatable bonds is 8. The van der Waals surface area contributed by atoms with E-state index in [2.05, 4.69) is 30.9 Å². The molecule has 0 radical (unpaired) electrons. The molecule has 0 fully saturated rings. The number of phenols is 1. The Kier molecular flexibility index (Phi) is 5.34. The van der Waals surface area contributed by atoms with Gasteiger partial charge in [-0.15, -0.1) is 11.3 Å². The van der Waals surface area contributed by atoms with Crippen molar-refractivity contribution in [2.45, 2.75) is 13.1 Å². The summed E-state index contributed by atoms with van der Waals surface area (Å²) in [4.78, 5) is 14.4. The van der Waals surface area contributed by atoms with Crippen LogP contribution in [0.2, 0.25) is 0 Å². The van der Waals surface area contributed by atoms with Crippen molar-refractivity contribution in [2.24, 2.45) is 0 Å². The largest absolute Gasteiger partial charge is 0.508 e. The number of anilines is 4. The maximum absolute atomic E-state index is 9.43. The lowest BCUT2D eigenvalue weighted by Gasteiger charge is -2.11. The minimum atomic E-state index is 0.195. The van der Waals surface area contributed by atoms with Gasteiger partial charge in [0.15, 0.2) is 0 Å². The van der Waals surface area contributed by atoms with Crippen LogP contribution in [0.4, 0.5) is 23.5 Å². The Labute approximate surface area is 165 Å². The van der Waals surface area contributed by atoms with E-state index in [1.54, 1.807) is 41.9 Å². The third kappa shape index (κ3) is 4.77. The van der Waals surface area contributed by atoms with Crippen molar-refractivity contribution in [3.05, 3.63) is 70.8 Å². The van der Waals surface area contributed by atoms with Gasteiger partial charge in [0.05, 0.1) is 19.4 Å². The van der Waals surface area contributed by atoms with Gasteiger partial charge in [-0.25, -0.2) is 0 Å². The second-order valence-electron chi connectivity index (χ2n) is 5.84. The summed E-state index contributed by atoms with van der Waals surface area (Å²) in [5, 5.41) is 20.9. The molecule has 0 saturated heterocycles. The molecular formula is C19H18N6O2S. The van der Waals surface area contributed by atoms with Gasteiger partial charge in [0.2, 0.25) is 17.8 Å². The van der Waals surface area contributed by atoms with E-state index in [9.17, 15) is 5.11 Å². The topological polar surface area (TPSA) is 108 Å². The second-order valence-corrected chi connectivity index (χ2v) is 6.88. The monoisotopic (exact) mass is 394 g/mol. The molecule has 3 heterocycles. The van der Waals surface area contributed by atoms with Crippen LogP contribution in [-0.2, 0) is 13.1 Å². The van der Waals surface area contributed by atoms with Crippen molar-refractivity contribution in [2.75, 3.05) is 16.0 Å². The zero-order chi connectivity index (χ0) is 19.2. The standard InChI is InChI=1S/C19H18N6O2S/c26-14-7-5-13(6-8-14)22-19-24-17(20-11-15-3-1-9-27-15)23-18(25-19)21-12-16-4-2-10-28-16/h1-10,26H,11-12H2,(H3,20,21,22,23,24,25). The van der Waals surface area contributed by atoms with Crippen molar-refractivity contribution in [3.63, 3.8) is 0 Å². The molecule has 3 aromatic heterocycles. The molecule has 1 aromatic carbocycles. The molecule has 4 rings (SSSR count). The number of nitrogens with zero attached hydrogens (tertiary/aromatic N) is 3. The fourth-order valence-corrected chi connectivity index (χ4v) is 3.07. The number of benzene rings is 1. The Bertz CT molecular complexity index is 947. The van der Waals surface area contributed by atoms with Gasteiger partial charge >= 0.3 is 0 Å². The molecule has 28 heavy (non-hydrogen) atoms. The van der Waals surface area contributed by atoms with Crippen LogP contribution in [0.25, 0.3) is 0 Å². The first-order chi connectivity index (χ1) is 13.7. The summed E-state index contributed by atoms with van der Waals surface area (Å²) >= 11 is 1.66. The quantitative estimate of drug-likeness (QED) is 0.329. The normalized spacial score (nSPS) is 10.6. The van der Waals surface area contributed by atoms with E-state index in [0.29, 0.717) is 30.9 Å². The molecule has 0 aliphatic rings. The van der Waals surface area contributed by atoms with Crippen molar-refractivity contribution >= 4 is 34.9 Å². The molecule has 4 N–H and O–H groups in total. The lowest BCUT2D eigenvalue weighted by molar-refractivity contribution is 0.475. The zero-order valence-corrected chi connectivity index (χ0v) is 15.6. The number of aromatic nitrogens is 3. The third-order valence-corrected chi connectivity index (χ3v) is 4.64. The molecule has 0 spiro atoms. The molecule has 0 atom stereocenters. The van der Waals surface area contributed by atoms with Gasteiger partial charge in [-0.3, -0.25) is 0 Å². The highest BCUT2D eigenvalue weighted by atomic mass is 32.1. The highest BCUT2D eigenvalue weighted by molar-refractivity contribution is 7.09. The van der Waals surface area contributed by atoms with Crippen molar-refractivity contribution in [1.29, 1.82) is 0 Å². The number of thiophene rings is 1. The van der Waals surface area contributed by atoms with Crippen LogP contribution in [0.3, 0.4) is 0 Å². The van der Waals surface area contributed by atoms with Gasteiger partial charge in [-0.05, 0) is 47.8 Å². The molecule has 0 bridgehead atoms. The smallest absolute Gasteiger partial charge is 0.233 e. The van der Waals surface area contributed by atoms with Gasteiger partial charge in [0.25, 0.3) is 0 Å². The molecule has 0 aliphatic heterocycles. The summed E-state index contributed by atoms with van der Waals surface area (Å²) in [5.41, 5.74) is 0.755. The molecule has 0 saturated carbocycles. The van der Waals surface area contributed by atoms with Crippen LogP contribution in [-0.4, -0.2) is 20.1 Å². The van der Waals surface area contributed by atoms with Gasteiger partial charge in [-0.2, -0.15) is 15.0 Å². The van der Waals surface area contributed by atoms with Crippen LogP contribution < -0.4 is 16.0 Å². The van der Waals surface area contributed by atoms with Gasteiger partial charge in [-0.1, -0.05) is 6.07 Å². The summed E-state index contributed by atoms with van der Waals surface area (Å²) in [6, 6.07) is 14.4. The van der Waals surface area contributed by atoms with E-state index in [4.69, 9.17) is 4.42 Å². The lowest BCUT2D eigenvalue weighted by atomic mass is 10.3. The Morgan fingerprint density at radius 2 is 1.61 bits per heavy atom. The molecule has 0 aliphatic carbocycles. The predicted octanol–water partition coefficient (Wildman–Crippen LogP) is 4.20. The van der Waals surface area contributed by atoms with Crippen LogP contribution in [0.15, 0.2) is 64.6 Å². The summed E-state index contributed by atoms with van der Waals surface area (Å²) in [6.45, 7) is 1.08. The maximum atomic E-state index is 9.43. The highest BCUT2D eigenvalue weighted by Crippen LogP contribution is 2.19. The van der Waals surface area contributed by atoms with Crippen molar-refractivity contribution < 1.29 is 9.52 Å². The molecular weight excluding hydrogens is 376 g/mol. The maximum Gasteiger partial charge on any atom is 0.233 e. The second kappa shape index (κ2) is 8.40. The number of hydrogen-bond donors (Lipinski definition) is 4. The fraction of sp³-hybridized carbons (Fsp3) is 0.105. The van der Waals surface area contributed by atoms with Gasteiger partial charge < -0.3 is 25.5 Å². The molecule has 4 aromatic rings. The Hall–Kier alpha value is -3.59. The average Bonchev–Trinajstić information content (AvgIpc) is 3.41. The first-order valence-electron chi connectivity index (χ1n) is 8.59. The van der Waals surface area contributed by atoms with Crippen molar-refractivity contribution in [3.8, 4) is 5.75 Å². The third-order valence-electron chi connectivity index (χ3n) is 3.76. The van der Waals surface area contributed by atoms with Gasteiger partial charge in [0.1, 0.15) is 11.5 Å². The fourth-order valence-electron chi connectivity index (χ4n) is 2.42. The minimum Gasteiger partial charge on any atom is -0.508 e. The Morgan fingerprint density at radius 3 is 2.29 bits per heavy atom. The van der Waals surface area contributed by atoms with E-state index >= 15 is 0 Å². The van der Waals surface area contributed by atoms with Crippen LogP contribution in [0.1, 0.15) is 10.6 Å². The summed E-state index contributed by atoms with van der Waals surface area (Å²) in [7, 11) is 0. The number of furan rings is 1. The molecule has 8 nitrogen and oxygen atoms in total. The first kappa shape index (κ1) is 17.8. The molecule has 142 valence electrons. The number of hydrogen-bond acceptors (Lipinski definition) is 9. The molecule has 0 amide bonds. The van der Waals surface area contributed by atoms with Crippen LogP contribution in [0.5, 0.6) is 5.75 Å². The lowest BCUT2D eigenvalue weighted by Crippen LogP contribution is -2.10. The minimum absolute atomic E-state index is 0.195. The van der Waals surface area contributed by atoms with E-state index in [-0.39, 0.29) is 5.75 Å². The highest BCUT2D eigenvalue weighted by Gasteiger charge is 2.08. The number of nitrogens with one attached hydrogen (secondary N) is 3. The van der Waals surface area contributed by atoms with E-state index < -0.39 is 0 Å². The predicted molar refractivity (Wildman–Crippen MR) is 109 cm³/mol. The van der Waals surface area contributed by atoms with Gasteiger partial charge in [0, 0.05) is 10.6 Å². The average molecular weight is 394 g/mol.